The minimum Gasteiger partial charge on any atom is -0.439 e. The summed E-state index contributed by atoms with van der Waals surface area (Å²) in [5.74, 6) is -0.439. The van der Waals surface area contributed by atoms with E-state index in [1.807, 2.05) is 30.3 Å². The highest BCUT2D eigenvalue weighted by molar-refractivity contribution is 5.92. The molecular weight excluding hydrogens is 728 g/mol. The highest BCUT2D eigenvalue weighted by Crippen LogP contribution is 2.24. The first kappa shape index (κ1) is 35.1. The predicted molar refractivity (Wildman–Crippen MR) is 200 cm³/mol. The van der Waals surface area contributed by atoms with E-state index in [0.717, 1.165) is 14.7 Å². The summed E-state index contributed by atoms with van der Waals surface area (Å²) < 4.78 is 18.2. The first-order chi connectivity index (χ1) is 27.0. The van der Waals surface area contributed by atoms with Crippen LogP contribution in [0.5, 0.6) is 0 Å². The smallest absolute Gasteiger partial charge is 0.332 e. The Morgan fingerprint density at radius 1 is 0.696 bits per heavy atom. The third-order valence-electron chi connectivity index (χ3n) is 9.09. The van der Waals surface area contributed by atoms with Gasteiger partial charge < -0.3 is 23.4 Å². The van der Waals surface area contributed by atoms with Crippen LogP contribution in [0.1, 0.15) is 5.89 Å². The summed E-state index contributed by atoms with van der Waals surface area (Å²) in [7, 11) is 4.30. The molecule has 20 nitrogen and oxygen atoms in total. The van der Waals surface area contributed by atoms with E-state index < -0.39 is 34.3 Å². The number of carbonyl (C=O) groups excluding carboxylic acids is 2. The Morgan fingerprint density at radius 3 is 2.00 bits per heavy atom. The average molecular weight is 759 g/mol. The molecule has 56 heavy (non-hydrogen) atoms. The summed E-state index contributed by atoms with van der Waals surface area (Å²) in [6.45, 7) is -0.852. The Balaban J connectivity index is 0.952. The summed E-state index contributed by atoms with van der Waals surface area (Å²) in [5, 5.41) is 9.37. The number of rotatable bonds is 10. The summed E-state index contributed by atoms with van der Waals surface area (Å²) in [6, 6.07) is 17.5. The second kappa shape index (κ2) is 13.8. The van der Waals surface area contributed by atoms with Crippen molar-refractivity contribution in [1.29, 1.82) is 0 Å². The van der Waals surface area contributed by atoms with Crippen molar-refractivity contribution < 1.29 is 18.5 Å². The topological polar surface area (TPSA) is 234 Å². The van der Waals surface area contributed by atoms with Crippen molar-refractivity contribution in [2.24, 2.45) is 21.1 Å². The summed E-state index contributed by atoms with van der Waals surface area (Å²) in [4.78, 5) is 90.4. The van der Waals surface area contributed by atoms with Crippen molar-refractivity contribution in [2.45, 2.75) is 19.6 Å². The van der Waals surface area contributed by atoms with Crippen LogP contribution in [-0.2, 0) is 50.4 Å². The summed E-state index contributed by atoms with van der Waals surface area (Å²) in [5.41, 5.74) is 0.320. The third kappa shape index (κ3) is 6.29. The monoisotopic (exact) mass is 758 g/mol. The van der Waals surface area contributed by atoms with E-state index >= 15 is 0 Å². The van der Waals surface area contributed by atoms with Crippen LogP contribution in [0.4, 0.5) is 11.6 Å². The van der Waals surface area contributed by atoms with Gasteiger partial charge in [0.25, 0.3) is 11.1 Å². The number of benzene rings is 2. The van der Waals surface area contributed by atoms with Crippen molar-refractivity contribution in [3.8, 4) is 22.6 Å². The molecule has 6 aromatic heterocycles. The normalized spacial score (nSPS) is 11.4. The zero-order valence-corrected chi connectivity index (χ0v) is 29.9. The number of anilines is 2. The maximum atomic E-state index is 13.7. The lowest BCUT2D eigenvalue weighted by molar-refractivity contribution is -0.117. The average Bonchev–Trinajstić information content (AvgIpc) is 4.02. The maximum Gasteiger partial charge on any atom is 0.332 e. The lowest BCUT2D eigenvalue weighted by Gasteiger charge is -2.09. The lowest BCUT2D eigenvalue weighted by Crippen LogP contribution is -2.40. The van der Waals surface area contributed by atoms with Crippen LogP contribution in [0.15, 0.2) is 108 Å². The van der Waals surface area contributed by atoms with Crippen LogP contribution in [0.3, 0.4) is 0 Å². The van der Waals surface area contributed by atoms with Gasteiger partial charge in [0.2, 0.25) is 23.6 Å². The zero-order valence-electron chi connectivity index (χ0n) is 29.9. The largest absolute Gasteiger partial charge is 0.439 e. The molecule has 0 spiro atoms. The van der Waals surface area contributed by atoms with E-state index in [4.69, 9.17) is 8.94 Å². The molecule has 2 amide bonds. The molecular formula is C36H30N12O8. The molecule has 0 aliphatic heterocycles. The first-order valence-corrected chi connectivity index (χ1v) is 16.9. The van der Waals surface area contributed by atoms with Crippen LogP contribution in [-0.4, -0.2) is 59.3 Å². The number of fused-ring (bicyclic) bond motifs is 2. The predicted octanol–water partition coefficient (Wildman–Crippen LogP) is 1.28. The fourth-order valence-electron chi connectivity index (χ4n) is 6.23. The standard InChI is InChI=1S/C36H30N12O8/c1-43-31-29(33(51)45(3)35(43)53)46(18-38-31)15-25(49)40-22-11-9-21(10-12-22)24-14-37-28(55-24)17-48-34(52)30-32(44(2)36(48)54)39-19-47(30)16-26(50)41-27-13-23(42-56-27)20-7-5-4-6-8-20/h4-14,18-19H,15-17H2,1-3H3,(H,40,49)(H,41,50). The van der Waals surface area contributed by atoms with E-state index in [2.05, 4.69) is 30.7 Å². The number of aryl methyl sites for hydroxylation is 2. The number of oxazole rings is 1. The molecule has 2 N–H and O–H groups in total. The number of carbonyl (C=O) groups is 2. The molecule has 0 atom stereocenters. The van der Waals surface area contributed by atoms with Crippen molar-refractivity contribution >= 4 is 45.7 Å². The van der Waals surface area contributed by atoms with Crippen molar-refractivity contribution in [2.75, 3.05) is 10.6 Å². The van der Waals surface area contributed by atoms with Gasteiger partial charge in [0.1, 0.15) is 25.3 Å². The van der Waals surface area contributed by atoms with Crippen LogP contribution in [0.25, 0.3) is 44.9 Å². The molecule has 0 saturated heterocycles. The summed E-state index contributed by atoms with van der Waals surface area (Å²) in [6.07, 6.45) is 4.07. The number of nitrogens with one attached hydrogen (secondary N) is 2. The van der Waals surface area contributed by atoms with E-state index in [0.29, 0.717) is 22.7 Å². The van der Waals surface area contributed by atoms with E-state index in [9.17, 15) is 28.8 Å². The fourth-order valence-corrected chi connectivity index (χ4v) is 6.23. The van der Waals surface area contributed by atoms with Gasteiger partial charge in [0.15, 0.2) is 28.1 Å². The number of amides is 2. The second-order valence-corrected chi connectivity index (χ2v) is 12.8. The number of aromatic nitrogens is 10. The van der Waals surface area contributed by atoms with Crippen LogP contribution in [0, 0.1) is 0 Å². The molecule has 0 saturated carbocycles. The Labute approximate surface area is 312 Å². The molecule has 0 aliphatic rings. The zero-order chi connectivity index (χ0) is 39.2. The molecule has 2 aromatic carbocycles. The third-order valence-corrected chi connectivity index (χ3v) is 9.09. The molecule has 0 aliphatic carbocycles. The minimum atomic E-state index is -0.702. The number of hydrogen-bond donors (Lipinski definition) is 2. The Morgan fingerprint density at radius 2 is 1.32 bits per heavy atom. The highest BCUT2D eigenvalue weighted by atomic mass is 16.5. The van der Waals surface area contributed by atoms with E-state index in [-0.39, 0.29) is 53.7 Å². The molecule has 0 radical (unpaired) electrons. The molecule has 8 rings (SSSR count). The van der Waals surface area contributed by atoms with Crippen LogP contribution in [0.2, 0.25) is 0 Å². The Kier molecular flexibility index (Phi) is 8.67. The molecule has 6 heterocycles. The van der Waals surface area contributed by atoms with Gasteiger partial charge in [-0.15, -0.1) is 0 Å². The quantitative estimate of drug-likeness (QED) is 0.201. The van der Waals surface area contributed by atoms with Gasteiger partial charge in [-0.25, -0.2) is 29.1 Å². The van der Waals surface area contributed by atoms with Gasteiger partial charge in [-0.3, -0.25) is 38.2 Å². The Bertz CT molecular complexity index is 3070. The highest BCUT2D eigenvalue weighted by Gasteiger charge is 2.21. The van der Waals surface area contributed by atoms with E-state index in [1.165, 1.54) is 58.3 Å². The van der Waals surface area contributed by atoms with Gasteiger partial charge in [-0.1, -0.05) is 35.5 Å². The number of imidazole rings is 2. The molecule has 0 unspecified atom stereocenters. The maximum absolute atomic E-state index is 13.7. The van der Waals surface area contributed by atoms with Crippen molar-refractivity contribution in [3.05, 3.63) is 127 Å². The molecule has 0 bridgehead atoms. The van der Waals surface area contributed by atoms with Crippen molar-refractivity contribution in [1.82, 2.24) is 47.5 Å². The van der Waals surface area contributed by atoms with Gasteiger partial charge in [-0.05, 0) is 24.3 Å². The molecule has 20 heteroatoms. The SMILES string of the molecule is Cn1c(=O)c2c(ncn2CC(=O)Nc2ccc(-c3cnc(Cn4c(=O)c5c(ncn5CC(=O)Nc5cc(-c6ccccc6)no5)n(C)c4=O)o3)cc2)n(C)c1=O. The van der Waals surface area contributed by atoms with Gasteiger partial charge in [-0.2, -0.15) is 0 Å². The molecule has 8 aromatic rings. The van der Waals surface area contributed by atoms with Gasteiger partial charge >= 0.3 is 11.4 Å². The molecule has 0 fully saturated rings. The van der Waals surface area contributed by atoms with Gasteiger partial charge in [0, 0.05) is 44.0 Å². The second-order valence-electron chi connectivity index (χ2n) is 12.8. The molecule has 282 valence electrons. The summed E-state index contributed by atoms with van der Waals surface area (Å²) >= 11 is 0. The van der Waals surface area contributed by atoms with Crippen molar-refractivity contribution in [3.63, 3.8) is 0 Å². The van der Waals surface area contributed by atoms with E-state index in [1.54, 1.807) is 30.3 Å². The lowest BCUT2D eigenvalue weighted by atomic mass is 10.1. The van der Waals surface area contributed by atoms with Crippen LogP contribution >= 0.6 is 0 Å². The minimum absolute atomic E-state index is 0.0171. The first-order valence-electron chi connectivity index (χ1n) is 16.9. The fraction of sp³-hybridized carbons (Fsp3) is 0.167. The van der Waals surface area contributed by atoms with Crippen LogP contribution < -0.4 is 33.1 Å². The number of hydrogen-bond acceptors (Lipinski definition) is 12. The Hall–Kier alpha value is -7.90. The van der Waals surface area contributed by atoms with Gasteiger partial charge in [0.05, 0.1) is 18.9 Å². The number of nitrogens with zero attached hydrogens (tertiary/aromatic N) is 10.